The highest BCUT2D eigenvalue weighted by Crippen LogP contribution is 2.47. The summed E-state index contributed by atoms with van der Waals surface area (Å²) in [5.41, 5.74) is 2.04. The molecule has 4 amide bonds. The maximum Gasteiger partial charge on any atom is 0.407 e. The molecule has 1 saturated heterocycles. The van der Waals surface area contributed by atoms with Crippen molar-refractivity contribution in [3.8, 4) is 23.0 Å². The van der Waals surface area contributed by atoms with E-state index in [0.29, 0.717) is 47.8 Å². The summed E-state index contributed by atoms with van der Waals surface area (Å²) in [4.78, 5) is 62.4. The first-order valence-corrected chi connectivity index (χ1v) is 23.3. The zero-order chi connectivity index (χ0) is 41.6. The molecule has 5 atom stereocenters. The molecule has 0 spiro atoms. The van der Waals surface area contributed by atoms with Crippen LogP contribution in [0.3, 0.4) is 0 Å². The van der Waals surface area contributed by atoms with E-state index in [-0.39, 0.29) is 41.8 Å². The van der Waals surface area contributed by atoms with Gasteiger partial charge in [-0.15, -0.1) is 23.5 Å². The molecule has 0 aromatic heterocycles. The number of nitrogens with one attached hydrogen (secondary N) is 5. The van der Waals surface area contributed by atoms with Crippen LogP contribution in [0.5, 0.6) is 23.0 Å². The Kier molecular flexibility index (Phi) is 13.4. The summed E-state index contributed by atoms with van der Waals surface area (Å²) in [6.45, 7) is 1.13. The fourth-order valence-electron chi connectivity index (χ4n) is 9.00. The Hall–Kier alpha value is -4.84. The van der Waals surface area contributed by atoms with Crippen LogP contribution in [0.2, 0.25) is 0 Å². The van der Waals surface area contributed by atoms with Gasteiger partial charge in [-0.2, -0.15) is 0 Å². The monoisotopic (exact) mass is 862 g/mol. The number of amides is 4. The first kappa shape index (κ1) is 41.9. The third-order valence-electron chi connectivity index (χ3n) is 12.3. The van der Waals surface area contributed by atoms with E-state index in [0.717, 1.165) is 92.1 Å². The van der Waals surface area contributed by atoms with Gasteiger partial charge in [0.1, 0.15) is 17.9 Å². The lowest BCUT2D eigenvalue weighted by Gasteiger charge is -2.31. The molecule has 8 rings (SSSR count). The van der Waals surface area contributed by atoms with Gasteiger partial charge in [-0.1, -0.05) is 37.8 Å². The number of methoxy groups -OCH3 is 2. The van der Waals surface area contributed by atoms with Crippen LogP contribution in [0.15, 0.2) is 46.4 Å². The number of carbonyl (C=O) groups excluding carboxylic acids is 4. The summed E-state index contributed by atoms with van der Waals surface area (Å²) >= 11 is 3.30. The van der Waals surface area contributed by atoms with Crippen LogP contribution in [0.1, 0.15) is 81.0 Å². The number of ether oxygens (including phenoxy) is 4. The highest BCUT2D eigenvalue weighted by atomic mass is 32.2. The summed E-state index contributed by atoms with van der Waals surface area (Å²) in [5.74, 6) is 6.67. The Labute approximate surface area is 358 Å². The number of alkyl carbamates (subject to hydrolysis) is 2. The van der Waals surface area contributed by atoms with Gasteiger partial charge in [-0.3, -0.25) is 19.6 Å². The average molecular weight is 863 g/mol. The minimum atomic E-state index is -0.612. The topological polar surface area (TPSA) is 193 Å². The molecule has 6 aliphatic rings. The minimum Gasteiger partial charge on any atom is -0.453 e. The van der Waals surface area contributed by atoms with Gasteiger partial charge >= 0.3 is 12.2 Å². The Morgan fingerprint density at radius 3 is 2.03 bits per heavy atom. The molecule has 60 heavy (non-hydrogen) atoms. The number of hydrogen-bond donors (Lipinski definition) is 5. The summed E-state index contributed by atoms with van der Waals surface area (Å²) in [6, 6.07) is 10.4. The van der Waals surface area contributed by atoms with Crippen LogP contribution >= 0.6 is 23.5 Å². The van der Waals surface area contributed by atoms with Gasteiger partial charge in [0.2, 0.25) is 11.8 Å². The van der Waals surface area contributed by atoms with E-state index < -0.39 is 24.3 Å². The normalized spacial score (nSPS) is 23.1. The molecule has 5 N–H and O–H groups in total. The Bertz CT molecular complexity index is 1990. The minimum absolute atomic E-state index is 0.00349. The molecule has 0 bridgehead atoms. The molecule has 18 heteroatoms. The van der Waals surface area contributed by atoms with Gasteiger partial charge in [0.15, 0.2) is 23.0 Å². The SMILES string of the molecule is COC(=O)N[C@H](C(=O)NCSCCC1=NCC(c2ccc3c(c2)Oc2ccc(C4CN=C([C@@H]5CSCN5C(=O)[C@@H](NC(=O)OC)C5CCCC5)N4)cc2O3)N1)C1CCCC1. The molecule has 4 aliphatic heterocycles. The van der Waals surface area contributed by atoms with Gasteiger partial charge in [0.25, 0.3) is 0 Å². The van der Waals surface area contributed by atoms with Gasteiger partial charge in [-0.25, -0.2) is 9.59 Å². The van der Waals surface area contributed by atoms with Crippen LogP contribution in [0, 0.1) is 11.8 Å². The van der Waals surface area contributed by atoms with Crippen molar-refractivity contribution >= 4 is 59.2 Å². The molecule has 2 aromatic rings. The number of benzene rings is 2. The fourth-order valence-corrected chi connectivity index (χ4v) is 10.9. The van der Waals surface area contributed by atoms with Crippen LogP contribution < -0.4 is 36.1 Å². The smallest absolute Gasteiger partial charge is 0.407 e. The van der Waals surface area contributed by atoms with Crippen molar-refractivity contribution in [1.82, 2.24) is 31.5 Å². The van der Waals surface area contributed by atoms with Crippen LogP contribution in [-0.2, 0) is 19.1 Å². The quantitative estimate of drug-likeness (QED) is 0.0998. The number of aliphatic imine (C=N–C) groups is 2. The van der Waals surface area contributed by atoms with E-state index in [2.05, 4.69) is 26.6 Å². The standard InChI is InChI=1S/C42H54N8O8S2/c1-55-41(53)48-36(24-7-3-4-8-24)39(51)45-22-59-16-15-35-43-19-28(46-35)26-11-13-31-33(17-26)57-32-14-12-27(18-34(32)58-31)29-20-44-38(47-29)30-21-60-23-50(30)40(52)37(49-42(54)56-2)25-9-5-6-10-25/h11-14,17-18,24-25,28-30,36-37H,3-10,15-16,19-23H2,1-2H3,(H,43,46)(H,44,47)(H,45,51)(H,48,53)(H,49,54)/t28?,29?,30-,36-,37-/m0/s1. The van der Waals surface area contributed by atoms with Crippen molar-refractivity contribution < 1.29 is 38.1 Å². The maximum absolute atomic E-state index is 13.9. The number of rotatable bonds is 14. The number of hydrogen-bond acceptors (Lipinski definition) is 14. The van der Waals surface area contributed by atoms with Crippen molar-refractivity contribution in [3.63, 3.8) is 0 Å². The van der Waals surface area contributed by atoms with Crippen molar-refractivity contribution in [2.24, 2.45) is 21.8 Å². The summed E-state index contributed by atoms with van der Waals surface area (Å²) < 4.78 is 22.3. The molecule has 322 valence electrons. The molecule has 16 nitrogen and oxygen atoms in total. The molecule has 0 radical (unpaired) electrons. The number of carbonyl (C=O) groups is 4. The predicted octanol–water partition coefficient (Wildman–Crippen LogP) is 5.60. The van der Waals surface area contributed by atoms with Crippen LogP contribution in [0.4, 0.5) is 9.59 Å². The lowest BCUT2D eigenvalue weighted by Crippen LogP contribution is -2.55. The van der Waals surface area contributed by atoms with E-state index in [1.807, 2.05) is 41.3 Å². The second-order valence-corrected chi connectivity index (χ2v) is 18.1. The van der Waals surface area contributed by atoms with Crippen molar-refractivity contribution in [3.05, 3.63) is 47.5 Å². The largest absolute Gasteiger partial charge is 0.453 e. The highest BCUT2D eigenvalue weighted by Gasteiger charge is 2.42. The highest BCUT2D eigenvalue weighted by molar-refractivity contribution is 7.99. The zero-order valence-corrected chi connectivity index (χ0v) is 35.7. The second-order valence-electron chi connectivity index (χ2n) is 16.0. The molecular weight excluding hydrogens is 809 g/mol. The Balaban J connectivity index is 0.804. The number of fused-ring (bicyclic) bond motifs is 2. The van der Waals surface area contributed by atoms with E-state index in [1.165, 1.54) is 14.2 Å². The number of nitrogens with zero attached hydrogens (tertiary/aromatic N) is 3. The summed E-state index contributed by atoms with van der Waals surface area (Å²) in [6.07, 6.45) is 7.46. The van der Waals surface area contributed by atoms with Gasteiger partial charge < -0.3 is 50.4 Å². The van der Waals surface area contributed by atoms with Crippen molar-refractivity contribution in [2.45, 2.75) is 88.0 Å². The first-order valence-electron chi connectivity index (χ1n) is 20.9. The van der Waals surface area contributed by atoms with Crippen LogP contribution in [-0.4, -0.2) is 109 Å². The molecule has 4 heterocycles. The van der Waals surface area contributed by atoms with Gasteiger partial charge in [0, 0.05) is 17.9 Å². The molecule has 2 aliphatic carbocycles. The summed E-state index contributed by atoms with van der Waals surface area (Å²) in [5, 5.41) is 15.7. The lowest BCUT2D eigenvalue weighted by molar-refractivity contribution is -0.134. The lowest BCUT2D eigenvalue weighted by atomic mass is 9.96. The third-order valence-corrected chi connectivity index (χ3v) is 14.1. The van der Waals surface area contributed by atoms with Crippen molar-refractivity contribution in [2.75, 3.05) is 50.6 Å². The van der Waals surface area contributed by atoms with E-state index in [4.69, 9.17) is 28.9 Å². The second kappa shape index (κ2) is 19.3. The number of thioether (sulfide) groups is 2. The molecule has 3 fully saturated rings. The third kappa shape index (κ3) is 9.54. The van der Waals surface area contributed by atoms with Gasteiger partial charge in [0.05, 0.1) is 63.0 Å². The molecule has 2 aromatic carbocycles. The van der Waals surface area contributed by atoms with Crippen molar-refractivity contribution in [1.29, 1.82) is 0 Å². The molecule has 2 unspecified atom stereocenters. The zero-order valence-electron chi connectivity index (χ0n) is 34.0. The first-order chi connectivity index (χ1) is 29.3. The maximum atomic E-state index is 13.9. The van der Waals surface area contributed by atoms with E-state index >= 15 is 0 Å². The summed E-state index contributed by atoms with van der Waals surface area (Å²) in [7, 11) is 2.63. The predicted molar refractivity (Wildman–Crippen MR) is 230 cm³/mol. The number of amidine groups is 2. The molecular formula is C42H54N8O8S2. The van der Waals surface area contributed by atoms with E-state index in [9.17, 15) is 19.2 Å². The Morgan fingerprint density at radius 2 is 1.40 bits per heavy atom. The fraction of sp³-hybridized carbons (Fsp3) is 0.571. The van der Waals surface area contributed by atoms with E-state index in [1.54, 1.807) is 23.5 Å². The van der Waals surface area contributed by atoms with Gasteiger partial charge in [-0.05, 0) is 72.9 Å². The van der Waals surface area contributed by atoms with Crippen LogP contribution in [0.25, 0.3) is 0 Å². The Morgan fingerprint density at radius 1 is 0.817 bits per heavy atom. The average Bonchev–Trinajstić information content (AvgIpc) is 4.13. The molecule has 2 saturated carbocycles.